The second-order valence-corrected chi connectivity index (χ2v) is 8.85. The largest absolute Gasteiger partial charge is 0.368 e. The fourth-order valence-corrected chi connectivity index (χ4v) is 4.23. The van der Waals surface area contributed by atoms with Crippen molar-refractivity contribution < 1.29 is 14.3 Å². The SMILES string of the molecule is Cc1cccc(NC(=O)c2csc([C@@H](CC(C)C)NC(=O)[C@@H]3CCCO3)n2)c1C. The number of rotatable bonds is 7. The molecule has 0 aliphatic carbocycles. The molecule has 156 valence electrons. The number of hydrogen-bond acceptors (Lipinski definition) is 5. The molecule has 0 saturated carbocycles. The van der Waals surface area contributed by atoms with Crippen LogP contribution in [0.1, 0.15) is 65.8 Å². The Labute approximate surface area is 176 Å². The average Bonchev–Trinajstić information content (AvgIpc) is 3.36. The number of benzene rings is 1. The molecule has 29 heavy (non-hydrogen) atoms. The number of aromatic nitrogens is 1. The molecule has 0 spiro atoms. The fraction of sp³-hybridized carbons (Fsp3) is 0.500. The lowest BCUT2D eigenvalue weighted by molar-refractivity contribution is -0.130. The molecule has 1 aliphatic rings. The van der Waals surface area contributed by atoms with Crippen molar-refractivity contribution in [2.45, 2.75) is 59.1 Å². The molecule has 0 unspecified atom stereocenters. The molecule has 6 nitrogen and oxygen atoms in total. The van der Waals surface area contributed by atoms with Gasteiger partial charge in [-0.1, -0.05) is 26.0 Å². The lowest BCUT2D eigenvalue weighted by Gasteiger charge is -2.20. The lowest BCUT2D eigenvalue weighted by Crippen LogP contribution is -2.37. The maximum absolute atomic E-state index is 12.7. The molecule has 2 atom stereocenters. The van der Waals surface area contributed by atoms with E-state index >= 15 is 0 Å². The van der Waals surface area contributed by atoms with Crippen molar-refractivity contribution in [2.75, 3.05) is 11.9 Å². The molecule has 2 amide bonds. The van der Waals surface area contributed by atoms with Gasteiger partial charge in [0, 0.05) is 17.7 Å². The van der Waals surface area contributed by atoms with Crippen LogP contribution in [0.15, 0.2) is 23.6 Å². The zero-order chi connectivity index (χ0) is 21.0. The number of anilines is 1. The van der Waals surface area contributed by atoms with Crippen LogP contribution in [0.25, 0.3) is 0 Å². The van der Waals surface area contributed by atoms with Gasteiger partial charge in [-0.05, 0) is 56.2 Å². The monoisotopic (exact) mass is 415 g/mol. The van der Waals surface area contributed by atoms with Crippen molar-refractivity contribution >= 4 is 28.8 Å². The Morgan fingerprint density at radius 3 is 2.79 bits per heavy atom. The Morgan fingerprint density at radius 1 is 1.31 bits per heavy atom. The van der Waals surface area contributed by atoms with Gasteiger partial charge in [0.2, 0.25) is 5.91 Å². The first-order chi connectivity index (χ1) is 13.8. The van der Waals surface area contributed by atoms with Crippen LogP contribution in [-0.2, 0) is 9.53 Å². The summed E-state index contributed by atoms with van der Waals surface area (Å²) in [6.07, 6.45) is 2.04. The molecule has 2 N–H and O–H groups in total. The van der Waals surface area contributed by atoms with E-state index in [0.717, 1.165) is 41.1 Å². The molecule has 7 heteroatoms. The highest BCUT2D eigenvalue weighted by atomic mass is 32.1. The molecule has 0 bridgehead atoms. The molecule has 1 aromatic heterocycles. The van der Waals surface area contributed by atoms with E-state index < -0.39 is 0 Å². The van der Waals surface area contributed by atoms with E-state index in [0.29, 0.717) is 18.2 Å². The van der Waals surface area contributed by atoms with Crippen molar-refractivity contribution in [1.82, 2.24) is 10.3 Å². The van der Waals surface area contributed by atoms with E-state index in [1.54, 1.807) is 5.38 Å². The van der Waals surface area contributed by atoms with Crippen LogP contribution in [0.4, 0.5) is 5.69 Å². The fourth-order valence-electron chi connectivity index (χ4n) is 3.37. The van der Waals surface area contributed by atoms with Crippen LogP contribution >= 0.6 is 11.3 Å². The summed E-state index contributed by atoms with van der Waals surface area (Å²) < 4.78 is 5.49. The number of nitrogens with one attached hydrogen (secondary N) is 2. The third-order valence-electron chi connectivity index (χ3n) is 5.15. The molecule has 2 heterocycles. The maximum Gasteiger partial charge on any atom is 0.275 e. The third kappa shape index (κ3) is 5.42. The number of carbonyl (C=O) groups is 2. The van der Waals surface area contributed by atoms with Crippen molar-refractivity contribution in [3.8, 4) is 0 Å². The second kappa shape index (κ2) is 9.50. The van der Waals surface area contributed by atoms with Crippen molar-refractivity contribution in [1.29, 1.82) is 0 Å². The van der Waals surface area contributed by atoms with E-state index in [1.807, 2.05) is 32.0 Å². The van der Waals surface area contributed by atoms with Crippen LogP contribution in [0.5, 0.6) is 0 Å². The summed E-state index contributed by atoms with van der Waals surface area (Å²) >= 11 is 1.40. The van der Waals surface area contributed by atoms with Crippen molar-refractivity contribution in [3.63, 3.8) is 0 Å². The van der Waals surface area contributed by atoms with Gasteiger partial charge in [-0.15, -0.1) is 11.3 Å². The first kappa shape index (κ1) is 21.5. The van der Waals surface area contributed by atoms with Crippen molar-refractivity contribution in [3.05, 3.63) is 45.4 Å². The molecule has 3 rings (SSSR count). The van der Waals surface area contributed by atoms with Gasteiger partial charge < -0.3 is 15.4 Å². The predicted molar refractivity (Wildman–Crippen MR) is 115 cm³/mol. The maximum atomic E-state index is 12.7. The second-order valence-electron chi connectivity index (χ2n) is 7.96. The summed E-state index contributed by atoms with van der Waals surface area (Å²) in [5, 5.41) is 8.52. The van der Waals surface area contributed by atoms with Crippen LogP contribution < -0.4 is 10.6 Å². The van der Waals surface area contributed by atoms with Gasteiger partial charge in [0.25, 0.3) is 5.91 Å². The highest BCUT2D eigenvalue weighted by Gasteiger charge is 2.28. The number of ether oxygens (including phenoxy) is 1. The lowest BCUT2D eigenvalue weighted by atomic mass is 10.0. The van der Waals surface area contributed by atoms with E-state index in [-0.39, 0.29) is 24.0 Å². The Kier molecular flexibility index (Phi) is 7.03. The minimum absolute atomic E-state index is 0.0928. The number of hydrogen-bond donors (Lipinski definition) is 2. The third-order valence-corrected chi connectivity index (χ3v) is 6.11. The molecule has 1 fully saturated rings. The normalized spacial score (nSPS) is 17.3. The molecule has 2 aromatic rings. The van der Waals surface area contributed by atoms with E-state index in [4.69, 9.17) is 4.74 Å². The Bertz CT molecular complexity index is 872. The Balaban J connectivity index is 1.72. The molecular formula is C22H29N3O3S. The number of nitrogens with zero attached hydrogens (tertiary/aromatic N) is 1. The molecular weight excluding hydrogens is 386 g/mol. The zero-order valence-electron chi connectivity index (χ0n) is 17.5. The van der Waals surface area contributed by atoms with Gasteiger partial charge in [-0.3, -0.25) is 9.59 Å². The zero-order valence-corrected chi connectivity index (χ0v) is 18.3. The minimum atomic E-state index is -0.378. The van der Waals surface area contributed by atoms with E-state index in [2.05, 4.69) is 29.5 Å². The molecule has 1 aromatic carbocycles. The van der Waals surface area contributed by atoms with Crippen LogP contribution in [0.2, 0.25) is 0 Å². The first-order valence-electron chi connectivity index (χ1n) is 10.1. The van der Waals surface area contributed by atoms with Gasteiger partial charge in [-0.2, -0.15) is 0 Å². The van der Waals surface area contributed by atoms with Gasteiger partial charge in [0.1, 0.15) is 16.8 Å². The summed E-state index contributed by atoms with van der Waals surface area (Å²) in [6.45, 7) is 8.84. The van der Waals surface area contributed by atoms with Crippen molar-refractivity contribution in [2.24, 2.45) is 5.92 Å². The van der Waals surface area contributed by atoms with Gasteiger partial charge in [-0.25, -0.2) is 4.98 Å². The Hall–Kier alpha value is -2.25. The summed E-state index contributed by atoms with van der Waals surface area (Å²) in [5.74, 6) is 0.0422. The first-order valence-corrected chi connectivity index (χ1v) is 11.0. The van der Waals surface area contributed by atoms with Gasteiger partial charge in [0.05, 0.1) is 6.04 Å². The highest BCUT2D eigenvalue weighted by molar-refractivity contribution is 7.10. The standard InChI is InChI=1S/C22H29N3O3S/c1-13(2)11-17(24-21(27)19-9-6-10-28-19)22-25-18(12-29-22)20(26)23-16-8-5-7-14(3)15(16)4/h5,7-8,12-13,17,19H,6,9-11H2,1-4H3,(H,23,26)(H,24,27)/t17-,19+/m1/s1. The molecule has 1 aliphatic heterocycles. The Morgan fingerprint density at radius 2 is 2.10 bits per heavy atom. The summed E-state index contributed by atoms with van der Waals surface area (Å²) in [4.78, 5) is 29.8. The number of aryl methyl sites for hydroxylation is 1. The average molecular weight is 416 g/mol. The summed E-state index contributed by atoms with van der Waals surface area (Å²) in [7, 11) is 0. The highest BCUT2D eigenvalue weighted by Crippen LogP contribution is 2.26. The van der Waals surface area contributed by atoms with Crippen LogP contribution in [-0.4, -0.2) is 29.5 Å². The number of carbonyl (C=O) groups excluding carboxylic acids is 2. The van der Waals surface area contributed by atoms with Crippen LogP contribution in [0, 0.1) is 19.8 Å². The predicted octanol–water partition coefficient (Wildman–Crippen LogP) is 4.39. The topological polar surface area (TPSA) is 80.3 Å². The molecule has 0 radical (unpaired) electrons. The van der Waals surface area contributed by atoms with Gasteiger partial charge in [0.15, 0.2) is 0 Å². The van der Waals surface area contributed by atoms with Crippen LogP contribution in [0.3, 0.4) is 0 Å². The summed E-state index contributed by atoms with van der Waals surface area (Å²) in [6, 6.07) is 5.60. The van der Waals surface area contributed by atoms with E-state index in [1.165, 1.54) is 11.3 Å². The van der Waals surface area contributed by atoms with E-state index in [9.17, 15) is 9.59 Å². The number of amides is 2. The smallest absolute Gasteiger partial charge is 0.275 e. The number of thiazole rings is 1. The summed E-state index contributed by atoms with van der Waals surface area (Å²) in [5.41, 5.74) is 3.31. The van der Waals surface area contributed by atoms with Gasteiger partial charge >= 0.3 is 0 Å². The quantitative estimate of drug-likeness (QED) is 0.703. The minimum Gasteiger partial charge on any atom is -0.368 e. The molecule has 1 saturated heterocycles.